The normalized spacial score (nSPS) is 10.6. The van der Waals surface area contributed by atoms with E-state index < -0.39 is 0 Å². The van der Waals surface area contributed by atoms with Gasteiger partial charge in [0.15, 0.2) is 0 Å². The van der Waals surface area contributed by atoms with Gasteiger partial charge in [0.25, 0.3) is 11.5 Å². The molecule has 1 N–H and O–H groups in total. The third-order valence-corrected chi connectivity index (χ3v) is 4.54. The molecule has 3 rings (SSSR count). The molecular weight excluding hydrogens is 348 g/mol. The first kappa shape index (κ1) is 18.0. The van der Waals surface area contributed by atoms with Crippen LogP contribution in [0.4, 0.5) is 5.69 Å². The fourth-order valence-electron chi connectivity index (χ4n) is 2.75. The monoisotopic (exact) mass is 366 g/mol. The van der Waals surface area contributed by atoms with Crippen LogP contribution in [0.1, 0.15) is 27.0 Å². The summed E-state index contributed by atoms with van der Waals surface area (Å²) in [5.74, 6) is -0.259. The number of aryl methyl sites for hydroxylation is 2. The Balaban J connectivity index is 1.86. The Bertz CT molecular complexity index is 1020. The van der Waals surface area contributed by atoms with Crippen molar-refractivity contribution in [1.82, 2.24) is 4.57 Å². The average Bonchev–Trinajstić information content (AvgIpc) is 2.61. The van der Waals surface area contributed by atoms with Crippen molar-refractivity contribution in [3.8, 4) is 0 Å². The fraction of sp³-hybridized carbons (Fsp3) is 0.143. The minimum atomic E-state index is -0.259. The molecule has 0 radical (unpaired) electrons. The molecule has 5 heteroatoms. The molecule has 4 nitrogen and oxygen atoms in total. The number of nitrogens with zero attached hydrogens (tertiary/aromatic N) is 1. The van der Waals surface area contributed by atoms with E-state index >= 15 is 0 Å². The molecule has 2 aromatic carbocycles. The van der Waals surface area contributed by atoms with Crippen LogP contribution in [0.3, 0.4) is 0 Å². The Morgan fingerprint density at radius 3 is 2.58 bits per heavy atom. The van der Waals surface area contributed by atoms with Crippen molar-refractivity contribution in [2.75, 3.05) is 5.32 Å². The lowest BCUT2D eigenvalue weighted by molar-refractivity contribution is 0.102. The Hall–Kier alpha value is -2.85. The third-order valence-electron chi connectivity index (χ3n) is 4.17. The standard InChI is InChI=1S/C21H19ClN2O2/c1-14-7-9-19(15(2)11-14)23-21(26)17-8-10-20(25)24(13-17)12-16-5-3-4-6-18(16)22/h3-11,13H,12H2,1-2H3,(H,23,26). The van der Waals surface area contributed by atoms with Crippen LogP contribution in [0.2, 0.25) is 5.02 Å². The molecule has 0 unspecified atom stereocenters. The number of aromatic nitrogens is 1. The van der Waals surface area contributed by atoms with Gasteiger partial charge in [0.05, 0.1) is 12.1 Å². The number of amides is 1. The predicted octanol–water partition coefficient (Wildman–Crippen LogP) is 4.42. The molecule has 132 valence electrons. The molecule has 1 heterocycles. The SMILES string of the molecule is Cc1ccc(NC(=O)c2ccc(=O)n(Cc3ccccc3Cl)c2)c(C)c1. The van der Waals surface area contributed by atoms with E-state index in [1.165, 1.54) is 16.7 Å². The lowest BCUT2D eigenvalue weighted by atomic mass is 10.1. The first-order valence-corrected chi connectivity index (χ1v) is 8.64. The molecule has 0 aliphatic carbocycles. The number of hydrogen-bond donors (Lipinski definition) is 1. The summed E-state index contributed by atoms with van der Waals surface area (Å²) in [5, 5.41) is 3.48. The van der Waals surface area contributed by atoms with Crippen LogP contribution < -0.4 is 10.9 Å². The molecule has 0 saturated carbocycles. The van der Waals surface area contributed by atoms with Gasteiger partial charge in [-0.3, -0.25) is 9.59 Å². The number of carbonyl (C=O) groups is 1. The second-order valence-electron chi connectivity index (χ2n) is 6.25. The summed E-state index contributed by atoms with van der Waals surface area (Å²) < 4.78 is 1.48. The van der Waals surface area contributed by atoms with Gasteiger partial charge in [0.2, 0.25) is 0 Å². The van der Waals surface area contributed by atoms with Crippen molar-refractivity contribution >= 4 is 23.2 Å². The van der Waals surface area contributed by atoms with E-state index in [-0.39, 0.29) is 11.5 Å². The molecule has 0 spiro atoms. The molecule has 0 atom stereocenters. The second-order valence-corrected chi connectivity index (χ2v) is 6.66. The average molecular weight is 367 g/mol. The van der Waals surface area contributed by atoms with E-state index in [1.807, 2.05) is 50.2 Å². The number of halogens is 1. The molecule has 0 bridgehead atoms. The van der Waals surface area contributed by atoms with E-state index in [1.54, 1.807) is 12.3 Å². The maximum Gasteiger partial charge on any atom is 0.257 e. The summed E-state index contributed by atoms with van der Waals surface area (Å²) in [6, 6.07) is 16.1. The van der Waals surface area contributed by atoms with Crippen LogP contribution in [-0.4, -0.2) is 10.5 Å². The molecule has 0 fully saturated rings. The van der Waals surface area contributed by atoms with Crippen molar-refractivity contribution in [3.05, 3.63) is 98.4 Å². The number of nitrogens with one attached hydrogen (secondary N) is 1. The first-order valence-electron chi connectivity index (χ1n) is 8.26. The summed E-state index contributed by atoms with van der Waals surface area (Å²) >= 11 is 6.17. The van der Waals surface area contributed by atoms with Gasteiger partial charge in [-0.05, 0) is 43.2 Å². The number of carbonyl (C=O) groups excluding carboxylic acids is 1. The second kappa shape index (κ2) is 7.58. The van der Waals surface area contributed by atoms with Crippen LogP contribution in [0.15, 0.2) is 65.6 Å². The van der Waals surface area contributed by atoms with Gasteiger partial charge in [-0.2, -0.15) is 0 Å². The van der Waals surface area contributed by atoms with Crippen LogP contribution in [0.5, 0.6) is 0 Å². The van der Waals surface area contributed by atoms with Gasteiger partial charge < -0.3 is 9.88 Å². The molecule has 0 aliphatic rings. The molecule has 0 aliphatic heterocycles. The number of hydrogen-bond acceptors (Lipinski definition) is 2. The molecule has 26 heavy (non-hydrogen) atoms. The van der Waals surface area contributed by atoms with E-state index in [4.69, 9.17) is 11.6 Å². The van der Waals surface area contributed by atoms with Crippen molar-refractivity contribution in [3.63, 3.8) is 0 Å². The van der Waals surface area contributed by atoms with E-state index in [2.05, 4.69) is 5.32 Å². The van der Waals surface area contributed by atoms with Gasteiger partial charge >= 0.3 is 0 Å². The molecule has 0 saturated heterocycles. The lowest BCUT2D eigenvalue weighted by Crippen LogP contribution is -2.22. The Labute approximate surface area is 157 Å². The van der Waals surface area contributed by atoms with Crippen LogP contribution in [-0.2, 0) is 6.54 Å². The highest BCUT2D eigenvalue weighted by atomic mass is 35.5. The smallest absolute Gasteiger partial charge is 0.257 e. The van der Waals surface area contributed by atoms with Gasteiger partial charge in [-0.25, -0.2) is 0 Å². The van der Waals surface area contributed by atoms with E-state index in [9.17, 15) is 9.59 Å². The zero-order valence-corrected chi connectivity index (χ0v) is 15.4. The summed E-state index contributed by atoms with van der Waals surface area (Å²) in [4.78, 5) is 24.7. The van der Waals surface area contributed by atoms with E-state index in [0.29, 0.717) is 17.1 Å². The summed E-state index contributed by atoms with van der Waals surface area (Å²) in [5.41, 5.74) is 3.92. The van der Waals surface area contributed by atoms with Gasteiger partial charge in [-0.1, -0.05) is 47.5 Å². The van der Waals surface area contributed by atoms with Crippen molar-refractivity contribution in [2.24, 2.45) is 0 Å². The zero-order chi connectivity index (χ0) is 18.7. The zero-order valence-electron chi connectivity index (χ0n) is 14.6. The fourth-order valence-corrected chi connectivity index (χ4v) is 2.94. The quantitative estimate of drug-likeness (QED) is 0.743. The van der Waals surface area contributed by atoms with Crippen molar-refractivity contribution in [1.29, 1.82) is 0 Å². The lowest BCUT2D eigenvalue weighted by Gasteiger charge is -2.11. The largest absolute Gasteiger partial charge is 0.322 e. The highest BCUT2D eigenvalue weighted by Crippen LogP contribution is 2.18. The maximum atomic E-state index is 12.6. The minimum absolute atomic E-state index is 0.187. The van der Waals surface area contributed by atoms with Crippen molar-refractivity contribution in [2.45, 2.75) is 20.4 Å². The molecule has 3 aromatic rings. The minimum Gasteiger partial charge on any atom is -0.322 e. The topological polar surface area (TPSA) is 51.1 Å². The molecule has 1 amide bonds. The van der Waals surface area contributed by atoms with Crippen molar-refractivity contribution < 1.29 is 4.79 Å². The predicted molar refractivity (Wildman–Crippen MR) is 105 cm³/mol. The Kier molecular flexibility index (Phi) is 5.24. The Morgan fingerprint density at radius 2 is 1.85 bits per heavy atom. The number of pyridine rings is 1. The highest BCUT2D eigenvalue weighted by molar-refractivity contribution is 6.31. The van der Waals surface area contributed by atoms with Gasteiger partial charge in [-0.15, -0.1) is 0 Å². The summed E-state index contributed by atoms with van der Waals surface area (Å²) in [7, 11) is 0. The summed E-state index contributed by atoms with van der Waals surface area (Å²) in [6.45, 7) is 4.26. The molecule has 1 aromatic heterocycles. The maximum absolute atomic E-state index is 12.6. The third kappa shape index (κ3) is 4.03. The number of benzene rings is 2. The van der Waals surface area contributed by atoms with Crippen LogP contribution >= 0.6 is 11.6 Å². The van der Waals surface area contributed by atoms with E-state index in [0.717, 1.165) is 22.4 Å². The van der Waals surface area contributed by atoms with Crippen LogP contribution in [0.25, 0.3) is 0 Å². The van der Waals surface area contributed by atoms with Crippen LogP contribution in [0, 0.1) is 13.8 Å². The molecular formula is C21H19ClN2O2. The number of rotatable bonds is 4. The highest BCUT2D eigenvalue weighted by Gasteiger charge is 2.10. The Morgan fingerprint density at radius 1 is 1.08 bits per heavy atom. The van der Waals surface area contributed by atoms with Gasteiger partial charge in [0, 0.05) is 23.0 Å². The number of anilines is 1. The summed E-state index contributed by atoms with van der Waals surface area (Å²) in [6.07, 6.45) is 1.56. The first-order chi connectivity index (χ1) is 12.4. The van der Waals surface area contributed by atoms with Gasteiger partial charge in [0.1, 0.15) is 0 Å².